The van der Waals surface area contributed by atoms with Crippen LogP contribution in [0.1, 0.15) is 29.9 Å². The first-order valence-electron chi connectivity index (χ1n) is 8.63. The number of hydrogen-bond donors (Lipinski definition) is 0. The number of carbonyl (C=O) groups excluding carboxylic acids is 1. The van der Waals surface area contributed by atoms with Crippen LogP contribution in [0, 0.1) is 19.8 Å². The average molecular weight is 413 g/mol. The predicted octanol–water partition coefficient (Wildman–Crippen LogP) is 3.09. The van der Waals surface area contributed by atoms with E-state index in [2.05, 4.69) is 5.16 Å². The predicted molar refractivity (Wildman–Crippen MR) is 98.7 cm³/mol. The van der Waals surface area contributed by atoms with E-state index >= 15 is 0 Å². The molecular weight excluding hydrogens is 392 g/mol. The number of benzene rings is 1. The minimum Gasteiger partial charge on any atom is -0.461 e. The van der Waals surface area contributed by atoms with E-state index in [0.29, 0.717) is 30.1 Å². The van der Waals surface area contributed by atoms with Crippen LogP contribution in [0.4, 0.5) is 0 Å². The zero-order valence-corrected chi connectivity index (χ0v) is 16.7. The zero-order chi connectivity index (χ0) is 19.6. The largest absolute Gasteiger partial charge is 0.461 e. The van der Waals surface area contributed by atoms with Gasteiger partial charge in [-0.3, -0.25) is 4.79 Å². The maximum atomic E-state index is 12.9. The first kappa shape index (κ1) is 19.9. The fourth-order valence-corrected chi connectivity index (χ4v) is 5.12. The van der Waals surface area contributed by atoms with Crippen LogP contribution in [0.25, 0.3) is 0 Å². The summed E-state index contributed by atoms with van der Waals surface area (Å²) in [6.45, 7) is 3.72. The van der Waals surface area contributed by atoms with Crippen LogP contribution in [0.3, 0.4) is 0 Å². The quantitative estimate of drug-likeness (QED) is 0.701. The molecule has 1 unspecified atom stereocenters. The van der Waals surface area contributed by atoms with Crippen molar-refractivity contribution in [3.05, 3.63) is 46.3 Å². The van der Waals surface area contributed by atoms with Gasteiger partial charge >= 0.3 is 5.97 Å². The van der Waals surface area contributed by atoms with E-state index in [1.165, 1.54) is 4.31 Å². The van der Waals surface area contributed by atoms with Crippen LogP contribution in [0.5, 0.6) is 0 Å². The van der Waals surface area contributed by atoms with Crippen molar-refractivity contribution in [1.82, 2.24) is 9.46 Å². The minimum absolute atomic E-state index is 0.0812. The van der Waals surface area contributed by atoms with Crippen molar-refractivity contribution in [1.29, 1.82) is 0 Å². The van der Waals surface area contributed by atoms with Gasteiger partial charge in [0, 0.05) is 18.1 Å². The van der Waals surface area contributed by atoms with Crippen molar-refractivity contribution in [3.63, 3.8) is 0 Å². The lowest BCUT2D eigenvalue weighted by Crippen LogP contribution is -2.43. The summed E-state index contributed by atoms with van der Waals surface area (Å²) in [6, 6.07) is 7.02. The standard InChI is InChI=1S/C18H21ClN2O5S/c1-12-17(13(2)26-20-12)27(23,24)21-9-3-4-15(10-21)18(22)25-11-14-5-7-16(19)8-6-14/h5-8,15H,3-4,9-11H2,1-2H3. The summed E-state index contributed by atoms with van der Waals surface area (Å²) in [5, 5.41) is 4.33. The molecular formula is C18H21ClN2O5S. The third kappa shape index (κ3) is 4.34. The summed E-state index contributed by atoms with van der Waals surface area (Å²) in [6.07, 6.45) is 1.18. The Morgan fingerprint density at radius 1 is 1.33 bits per heavy atom. The van der Waals surface area contributed by atoms with Crippen molar-refractivity contribution in [3.8, 4) is 0 Å². The van der Waals surface area contributed by atoms with Crippen molar-refractivity contribution in [2.45, 2.75) is 38.2 Å². The number of esters is 1. The Labute approximate surface area is 163 Å². The molecule has 0 bridgehead atoms. The fourth-order valence-electron chi connectivity index (χ4n) is 3.18. The van der Waals surface area contributed by atoms with Gasteiger partial charge in [0.25, 0.3) is 0 Å². The van der Waals surface area contributed by atoms with E-state index in [0.717, 1.165) is 5.56 Å². The Bertz CT molecular complexity index is 904. The molecule has 0 aliphatic carbocycles. The van der Waals surface area contributed by atoms with Gasteiger partial charge in [-0.15, -0.1) is 0 Å². The molecule has 0 amide bonds. The number of aromatic nitrogens is 1. The van der Waals surface area contributed by atoms with E-state index in [1.807, 2.05) is 0 Å². The van der Waals surface area contributed by atoms with Crippen LogP contribution < -0.4 is 0 Å². The smallest absolute Gasteiger partial charge is 0.310 e. The molecule has 0 spiro atoms. The van der Waals surface area contributed by atoms with Crippen molar-refractivity contribution in [2.75, 3.05) is 13.1 Å². The van der Waals surface area contributed by atoms with Crippen LogP contribution >= 0.6 is 11.6 Å². The Kier molecular flexibility index (Phi) is 5.88. The van der Waals surface area contributed by atoms with Crippen molar-refractivity contribution < 1.29 is 22.5 Å². The summed E-state index contributed by atoms with van der Waals surface area (Å²) in [4.78, 5) is 12.5. The van der Waals surface area contributed by atoms with Crippen LogP contribution in [0.15, 0.2) is 33.7 Å². The second kappa shape index (κ2) is 8.00. The molecule has 0 saturated carbocycles. The molecule has 1 aliphatic rings. The maximum Gasteiger partial charge on any atom is 0.310 e. The highest BCUT2D eigenvalue weighted by molar-refractivity contribution is 7.89. The summed E-state index contributed by atoms with van der Waals surface area (Å²) < 4.78 is 37.5. The van der Waals surface area contributed by atoms with Gasteiger partial charge in [0.15, 0.2) is 5.76 Å². The molecule has 7 nitrogen and oxygen atoms in total. The number of carbonyl (C=O) groups is 1. The molecule has 1 saturated heterocycles. The van der Waals surface area contributed by atoms with Gasteiger partial charge in [-0.2, -0.15) is 4.31 Å². The maximum absolute atomic E-state index is 12.9. The van der Waals surface area contributed by atoms with E-state index in [4.69, 9.17) is 20.9 Å². The first-order chi connectivity index (χ1) is 12.8. The van der Waals surface area contributed by atoms with E-state index in [1.54, 1.807) is 38.1 Å². The molecule has 0 radical (unpaired) electrons. The van der Waals surface area contributed by atoms with Crippen LogP contribution in [-0.2, 0) is 26.2 Å². The SMILES string of the molecule is Cc1noc(C)c1S(=O)(=O)N1CCCC(C(=O)OCc2ccc(Cl)cc2)C1. The molecule has 1 aromatic heterocycles. The number of nitrogens with zero attached hydrogens (tertiary/aromatic N) is 2. The second-order valence-electron chi connectivity index (χ2n) is 6.59. The number of sulfonamides is 1. The molecule has 1 aromatic carbocycles. The zero-order valence-electron chi connectivity index (χ0n) is 15.1. The van der Waals surface area contributed by atoms with E-state index in [9.17, 15) is 13.2 Å². The van der Waals surface area contributed by atoms with Crippen LogP contribution in [0.2, 0.25) is 5.02 Å². The molecule has 1 fully saturated rings. The minimum atomic E-state index is -3.76. The molecule has 2 aromatic rings. The number of piperidine rings is 1. The molecule has 3 rings (SSSR count). The summed E-state index contributed by atoms with van der Waals surface area (Å²) >= 11 is 5.84. The highest BCUT2D eigenvalue weighted by Crippen LogP contribution is 2.28. The molecule has 1 atom stereocenters. The van der Waals surface area contributed by atoms with Gasteiger partial charge in [-0.1, -0.05) is 28.9 Å². The normalized spacial score (nSPS) is 18.4. The Balaban J connectivity index is 1.66. The number of ether oxygens (including phenoxy) is 1. The highest BCUT2D eigenvalue weighted by Gasteiger charge is 2.37. The lowest BCUT2D eigenvalue weighted by atomic mass is 10.00. The third-order valence-corrected chi connectivity index (χ3v) is 6.94. The monoisotopic (exact) mass is 412 g/mol. The van der Waals surface area contributed by atoms with Crippen molar-refractivity contribution in [2.24, 2.45) is 5.92 Å². The van der Waals surface area contributed by atoms with E-state index < -0.39 is 21.9 Å². The number of hydrogen-bond acceptors (Lipinski definition) is 6. The Morgan fingerprint density at radius 3 is 2.67 bits per heavy atom. The number of aryl methyl sites for hydroxylation is 2. The molecule has 2 heterocycles. The first-order valence-corrected chi connectivity index (χ1v) is 10.4. The molecule has 27 heavy (non-hydrogen) atoms. The Hall–Kier alpha value is -1.90. The van der Waals surface area contributed by atoms with Crippen LogP contribution in [-0.4, -0.2) is 36.9 Å². The van der Waals surface area contributed by atoms with Gasteiger partial charge < -0.3 is 9.26 Å². The molecule has 146 valence electrons. The summed E-state index contributed by atoms with van der Waals surface area (Å²) in [5.74, 6) is -0.648. The van der Waals surface area contributed by atoms with E-state index in [-0.39, 0.29) is 23.8 Å². The van der Waals surface area contributed by atoms with Crippen molar-refractivity contribution >= 4 is 27.6 Å². The third-order valence-electron chi connectivity index (χ3n) is 4.58. The lowest BCUT2D eigenvalue weighted by molar-refractivity contribution is -0.151. The van der Waals surface area contributed by atoms with Gasteiger partial charge in [-0.25, -0.2) is 8.42 Å². The molecule has 9 heteroatoms. The summed E-state index contributed by atoms with van der Waals surface area (Å²) in [5.41, 5.74) is 1.14. The Morgan fingerprint density at radius 2 is 2.04 bits per heavy atom. The molecule has 0 N–H and O–H groups in total. The second-order valence-corrected chi connectivity index (χ2v) is 8.90. The number of halogens is 1. The topological polar surface area (TPSA) is 89.7 Å². The van der Waals surface area contributed by atoms with Gasteiger partial charge in [0.1, 0.15) is 17.2 Å². The van der Waals surface area contributed by atoms with Gasteiger partial charge in [0.2, 0.25) is 10.0 Å². The fraction of sp³-hybridized carbons (Fsp3) is 0.444. The molecule has 1 aliphatic heterocycles. The van der Waals surface area contributed by atoms with Gasteiger partial charge in [-0.05, 0) is 44.4 Å². The average Bonchev–Trinajstić information content (AvgIpc) is 3.00. The highest BCUT2D eigenvalue weighted by atomic mass is 35.5. The summed E-state index contributed by atoms with van der Waals surface area (Å²) in [7, 11) is -3.76. The number of rotatable bonds is 5. The lowest BCUT2D eigenvalue weighted by Gasteiger charge is -2.30. The van der Waals surface area contributed by atoms with Gasteiger partial charge in [0.05, 0.1) is 5.92 Å².